The molecule has 2 saturated heterocycles. The van der Waals surface area contributed by atoms with Gasteiger partial charge in [0, 0.05) is 32.0 Å². The zero-order valence-corrected chi connectivity index (χ0v) is 12.4. The molecule has 2 rings (SSSR count). The number of carbonyl (C=O) groups is 2. The average molecular weight is 278 g/mol. The lowest BCUT2D eigenvalue weighted by atomic mass is 10.1. The molecule has 5 nitrogen and oxygen atoms in total. The number of carbonyl (C=O) groups excluding carboxylic acids is 2. The second-order valence-corrected chi connectivity index (χ2v) is 6.48. The first kappa shape index (κ1) is 14.7. The third-order valence-electron chi connectivity index (χ3n) is 3.65. The van der Waals surface area contributed by atoms with Gasteiger partial charge in [0.05, 0.1) is 6.04 Å². The summed E-state index contributed by atoms with van der Waals surface area (Å²) >= 11 is 0. The third kappa shape index (κ3) is 3.24. The lowest BCUT2D eigenvalue weighted by Gasteiger charge is -2.26. The zero-order chi connectivity index (χ0) is 14.9. The number of amides is 2. The molecule has 5 heteroatoms. The second kappa shape index (κ2) is 5.35. The Hall–Kier alpha value is -1.70. The normalized spacial score (nSPS) is 26.8. The van der Waals surface area contributed by atoms with E-state index >= 15 is 0 Å². The smallest absolute Gasteiger partial charge is 0.410 e. The predicted octanol–water partition coefficient (Wildman–Crippen LogP) is 1.48. The number of nitrogens with zero attached hydrogens (tertiary/aromatic N) is 2. The van der Waals surface area contributed by atoms with Gasteiger partial charge in [0.1, 0.15) is 5.60 Å². The molecule has 110 valence electrons. The molecule has 0 spiro atoms. The van der Waals surface area contributed by atoms with Crippen molar-refractivity contribution >= 4 is 12.0 Å². The van der Waals surface area contributed by atoms with Crippen molar-refractivity contribution in [3.63, 3.8) is 0 Å². The fourth-order valence-electron chi connectivity index (χ4n) is 2.68. The van der Waals surface area contributed by atoms with Crippen LogP contribution in [0.4, 0.5) is 4.79 Å². The monoisotopic (exact) mass is 278 g/mol. The molecule has 0 N–H and O–H groups in total. The molecule has 2 fully saturated rings. The number of likely N-dealkylation sites (tertiary alicyclic amines) is 2. The first-order valence-corrected chi connectivity index (χ1v) is 7.03. The Balaban J connectivity index is 1.91. The van der Waals surface area contributed by atoms with Crippen molar-refractivity contribution in [1.29, 1.82) is 0 Å². The van der Waals surface area contributed by atoms with Crippen molar-refractivity contribution in [2.45, 2.75) is 45.3 Å². The fraction of sp³-hybridized carbons (Fsp3) is 0.733. The third-order valence-corrected chi connectivity index (χ3v) is 3.65. The summed E-state index contributed by atoms with van der Waals surface area (Å²) in [5.74, 6) is 2.76. The molecular formula is C15H22N2O3. The van der Waals surface area contributed by atoms with E-state index in [2.05, 4.69) is 5.92 Å². The summed E-state index contributed by atoms with van der Waals surface area (Å²) in [5.41, 5.74) is -0.493. The van der Waals surface area contributed by atoms with Crippen LogP contribution >= 0.6 is 0 Å². The molecule has 0 aromatic heterocycles. The standard InChI is InChI=1S/C15H22N2O3/c1-5-11-8-13(18)17(9-11)12-6-7-16(10-12)14(19)20-15(2,3)4/h1,11-12H,6-10H2,2-4H3. The van der Waals surface area contributed by atoms with Crippen LogP contribution in [-0.4, -0.2) is 53.1 Å². The maximum absolute atomic E-state index is 12.0. The first-order chi connectivity index (χ1) is 9.30. The topological polar surface area (TPSA) is 49.9 Å². The molecule has 0 aliphatic carbocycles. The molecule has 2 unspecified atom stereocenters. The van der Waals surface area contributed by atoms with E-state index in [0.29, 0.717) is 26.1 Å². The van der Waals surface area contributed by atoms with Gasteiger partial charge in [-0.3, -0.25) is 4.79 Å². The molecule has 0 aromatic rings. The van der Waals surface area contributed by atoms with E-state index in [9.17, 15) is 9.59 Å². The van der Waals surface area contributed by atoms with Crippen LogP contribution in [0, 0.1) is 18.3 Å². The molecule has 2 amide bonds. The van der Waals surface area contributed by atoms with Gasteiger partial charge < -0.3 is 14.5 Å². The van der Waals surface area contributed by atoms with Gasteiger partial charge in [-0.2, -0.15) is 0 Å². The van der Waals surface area contributed by atoms with E-state index in [1.807, 2.05) is 25.7 Å². The highest BCUT2D eigenvalue weighted by molar-refractivity contribution is 5.80. The minimum absolute atomic E-state index is 0.0121. The quantitative estimate of drug-likeness (QED) is 0.683. The summed E-state index contributed by atoms with van der Waals surface area (Å²) in [5, 5.41) is 0. The Bertz CT molecular complexity index is 447. The highest BCUT2D eigenvalue weighted by Crippen LogP contribution is 2.25. The molecule has 2 aliphatic rings. The number of hydrogen-bond donors (Lipinski definition) is 0. The summed E-state index contributed by atoms with van der Waals surface area (Å²) in [6, 6.07) is 0.0772. The van der Waals surface area contributed by atoms with Gasteiger partial charge in [-0.15, -0.1) is 12.3 Å². The summed E-state index contributed by atoms with van der Waals surface area (Å²) in [6.07, 6.45) is 6.31. The van der Waals surface area contributed by atoms with Crippen molar-refractivity contribution in [2.75, 3.05) is 19.6 Å². The maximum atomic E-state index is 12.0. The summed E-state index contributed by atoms with van der Waals surface area (Å²) < 4.78 is 5.35. The van der Waals surface area contributed by atoms with Crippen molar-refractivity contribution in [2.24, 2.45) is 5.92 Å². The molecule has 2 heterocycles. The molecular weight excluding hydrogens is 256 g/mol. The molecule has 2 aliphatic heterocycles. The fourth-order valence-corrected chi connectivity index (χ4v) is 2.68. The first-order valence-electron chi connectivity index (χ1n) is 7.03. The summed E-state index contributed by atoms with van der Waals surface area (Å²) in [6.45, 7) is 7.32. The number of terminal acetylenes is 1. The largest absolute Gasteiger partial charge is 0.444 e. The Morgan fingerprint density at radius 3 is 2.65 bits per heavy atom. The molecule has 0 bridgehead atoms. The van der Waals surface area contributed by atoms with Gasteiger partial charge in [-0.1, -0.05) is 0 Å². The highest BCUT2D eigenvalue weighted by atomic mass is 16.6. The molecule has 0 radical (unpaired) electrons. The van der Waals surface area contributed by atoms with Crippen LogP contribution in [0.15, 0.2) is 0 Å². The Morgan fingerprint density at radius 1 is 1.40 bits per heavy atom. The van der Waals surface area contributed by atoms with Crippen molar-refractivity contribution < 1.29 is 14.3 Å². The second-order valence-electron chi connectivity index (χ2n) is 6.48. The van der Waals surface area contributed by atoms with Crippen molar-refractivity contribution in [1.82, 2.24) is 9.80 Å². The summed E-state index contributed by atoms with van der Waals surface area (Å²) in [4.78, 5) is 27.4. The van der Waals surface area contributed by atoms with Gasteiger partial charge in [0.15, 0.2) is 0 Å². The van der Waals surface area contributed by atoms with E-state index in [-0.39, 0.29) is 24.0 Å². The zero-order valence-electron chi connectivity index (χ0n) is 12.4. The lowest BCUT2D eigenvalue weighted by molar-refractivity contribution is -0.129. The molecule has 2 atom stereocenters. The van der Waals surface area contributed by atoms with E-state index in [0.717, 1.165) is 6.42 Å². The summed E-state index contributed by atoms with van der Waals surface area (Å²) in [7, 11) is 0. The SMILES string of the molecule is C#CC1CC(=O)N(C2CCN(C(=O)OC(C)(C)C)C2)C1. The van der Waals surface area contributed by atoms with Crippen molar-refractivity contribution in [3.05, 3.63) is 0 Å². The molecule has 0 saturated carbocycles. The van der Waals surface area contributed by atoms with Gasteiger partial charge in [-0.25, -0.2) is 4.79 Å². The number of hydrogen-bond acceptors (Lipinski definition) is 3. The van der Waals surface area contributed by atoms with Crippen LogP contribution in [0.2, 0.25) is 0 Å². The van der Waals surface area contributed by atoms with Gasteiger partial charge in [0.2, 0.25) is 5.91 Å². The average Bonchev–Trinajstić information content (AvgIpc) is 2.92. The van der Waals surface area contributed by atoms with E-state index < -0.39 is 5.60 Å². The van der Waals surface area contributed by atoms with E-state index in [4.69, 9.17) is 11.2 Å². The molecule has 0 aromatic carbocycles. The van der Waals surface area contributed by atoms with Gasteiger partial charge in [0.25, 0.3) is 0 Å². The number of ether oxygens (including phenoxy) is 1. The van der Waals surface area contributed by atoms with Crippen LogP contribution < -0.4 is 0 Å². The Kier molecular flexibility index (Phi) is 3.94. The van der Waals surface area contributed by atoms with E-state index in [1.54, 1.807) is 4.90 Å². The number of rotatable bonds is 1. The Morgan fingerprint density at radius 2 is 2.10 bits per heavy atom. The van der Waals surface area contributed by atoms with Crippen LogP contribution in [0.5, 0.6) is 0 Å². The van der Waals surface area contributed by atoms with Crippen LogP contribution in [0.1, 0.15) is 33.6 Å². The maximum Gasteiger partial charge on any atom is 0.410 e. The van der Waals surface area contributed by atoms with E-state index in [1.165, 1.54) is 0 Å². The van der Waals surface area contributed by atoms with Crippen molar-refractivity contribution in [3.8, 4) is 12.3 Å². The molecule has 20 heavy (non-hydrogen) atoms. The van der Waals surface area contributed by atoms with Crippen LogP contribution in [0.25, 0.3) is 0 Å². The van der Waals surface area contributed by atoms with Gasteiger partial charge in [-0.05, 0) is 27.2 Å². The minimum Gasteiger partial charge on any atom is -0.444 e. The minimum atomic E-state index is -0.493. The van der Waals surface area contributed by atoms with Crippen LogP contribution in [0.3, 0.4) is 0 Å². The highest BCUT2D eigenvalue weighted by Gasteiger charge is 2.38. The predicted molar refractivity (Wildman–Crippen MR) is 74.9 cm³/mol. The van der Waals surface area contributed by atoms with Crippen LogP contribution in [-0.2, 0) is 9.53 Å². The lowest BCUT2D eigenvalue weighted by Crippen LogP contribution is -2.41. The Labute approximate surface area is 120 Å². The van der Waals surface area contributed by atoms with Gasteiger partial charge >= 0.3 is 6.09 Å².